The Hall–Kier alpha value is -4.55. The van der Waals surface area contributed by atoms with E-state index in [1.807, 2.05) is 89.5 Å². The van der Waals surface area contributed by atoms with Gasteiger partial charge < -0.3 is 9.14 Å². The fourth-order valence-corrected chi connectivity index (χ4v) is 3.98. The monoisotopic (exact) mass is 427 g/mol. The maximum atomic E-state index is 13.8. The van der Waals surface area contributed by atoms with Crippen molar-refractivity contribution in [1.29, 1.82) is 0 Å². The maximum Gasteiger partial charge on any atom is 0.210 e. The zero-order chi connectivity index (χ0) is 22.6. The summed E-state index contributed by atoms with van der Waals surface area (Å²) < 4.78 is 7.21. The first-order chi connectivity index (χ1) is 16.3. The topological polar surface area (TPSA) is 30.7 Å². The van der Waals surface area contributed by atoms with Crippen molar-refractivity contribution in [2.24, 2.45) is 0 Å². The number of fused-ring (bicyclic) bond motifs is 1. The minimum absolute atomic E-state index is 0.0644. The number of hydrogen-bond donors (Lipinski definition) is 0. The van der Waals surface area contributed by atoms with E-state index >= 15 is 0 Å². The summed E-state index contributed by atoms with van der Waals surface area (Å²) in [7, 11) is 1.61. The van der Waals surface area contributed by atoms with Gasteiger partial charge in [0.1, 0.15) is 11.4 Å². The van der Waals surface area contributed by atoms with Crippen LogP contribution in [-0.4, -0.2) is 17.3 Å². The van der Waals surface area contributed by atoms with E-state index < -0.39 is 0 Å². The van der Waals surface area contributed by atoms with E-state index in [1.165, 1.54) is 0 Å². The van der Waals surface area contributed by atoms with Gasteiger partial charge in [0.15, 0.2) is 0 Å². The summed E-state index contributed by atoms with van der Waals surface area (Å²) in [5, 5.41) is 0. The second kappa shape index (κ2) is 8.90. The highest BCUT2D eigenvalue weighted by atomic mass is 16.5. The molecule has 0 amide bonds. The number of methoxy groups -OCH3 is 1. The first-order valence-electron chi connectivity index (χ1n) is 10.7. The van der Waals surface area contributed by atoms with E-state index in [1.54, 1.807) is 31.4 Å². The summed E-state index contributed by atoms with van der Waals surface area (Å²) in [6.07, 6.45) is 1.92. The van der Waals surface area contributed by atoms with E-state index in [0.29, 0.717) is 17.0 Å². The molecule has 3 nitrogen and oxygen atoms in total. The number of ether oxygens (including phenoxy) is 1. The fraction of sp³-hybridized carbons (Fsp3) is 0.0333. The molecule has 158 valence electrons. The molecule has 0 bridgehead atoms. The Labute approximate surface area is 192 Å². The van der Waals surface area contributed by atoms with E-state index in [0.717, 1.165) is 27.8 Å². The molecular weight excluding hydrogens is 406 g/mol. The van der Waals surface area contributed by atoms with Gasteiger partial charge in [-0.3, -0.25) is 4.79 Å². The molecule has 5 rings (SSSR count). The zero-order valence-corrected chi connectivity index (χ0v) is 18.2. The summed E-state index contributed by atoms with van der Waals surface area (Å²) in [4.78, 5) is 13.8. The standard InChI is InChI=1S/C30H21NO2/c1-33-25-18-16-24(17-19-25)30(32)29-28(23-12-6-3-7-13-23)26(27-14-8-9-21-31(27)29)20-15-22-10-4-2-5-11-22/h2-14,16-19,21H,1H3. The molecule has 0 radical (unpaired) electrons. The first kappa shape index (κ1) is 20.4. The van der Waals surface area contributed by atoms with Crippen molar-refractivity contribution in [3.8, 4) is 28.7 Å². The molecule has 2 aromatic heterocycles. The lowest BCUT2D eigenvalue weighted by atomic mass is 9.96. The predicted molar refractivity (Wildman–Crippen MR) is 132 cm³/mol. The van der Waals surface area contributed by atoms with Crippen LogP contribution in [0, 0.1) is 11.8 Å². The number of aromatic nitrogens is 1. The largest absolute Gasteiger partial charge is 0.497 e. The van der Waals surface area contributed by atoms with Crippen LogP contribution in [0.4, 0.5) is 0 Å². The minimum Gasteiger partial charge on any atom is -0.497 e. The Morgan fingerprint density at radius 3 is 2.12 bits per heavy atom. The SMILES string of the molecule is COc1ccc(C(=O)c2c(-c3ccccc3)c(C#Cc3ccccc3)c3ccccn23)cc1. The van der Waals surface area contributed by atoms with E-state index in [9.17, 15) is 4.79 Å². The highest BCUT2D eigenvalue weighted by Gasteiger charge is 2.24. The maximum absolute atomic E-state index is 13.8. The lowest BCUT2D eigenvalue weighted by Crippen LogP contribution is -2.07. The van der Waals surface area contributed by atoms with E-state index in [2.05, 4.69) is 11.8 Å². The number of pyridine rings is 1. The molecule has 0 unspecified atom stereocenters. The summed E-state index contributed by atoms with van der Waals surface area (Å²) in [6.45, 7) is 0. The van der Waals surface area contributed by atoms with Crippen molar-refractivity contribution in [1.82, 2.24) is 4.40 Å². The van der Waals surface area contributed by atoms with Crippen molar-refractivity contribution >= 4 is 11.3 Å². The third-order valence-electron chi connectivity index (χ3n) is 5.58. The Kier molecular flexibility index (Phi) is 5.49. The third kappa shape index (κ3) is 3.91. The Morgan fingerprint density at radius 2 is 1.42 bits per heavy atom. The van der Waals surface area contributed by atoms with Gasteiger partial charge in [0, 0.05) is 22.9 Å². The molecule has 33 heavy (non-hydrogen) atoms. The zero-order valence-electron chi connectivity index (χ0n) is 18.2. The number of nitrogens with zero attached hydrogens (tertiary/aromatic N) is 1. The van der Waals surface area contributed by atoms with Gasteiger partial charge in [0.25, 0.3) is 0 Å². The second-order valence-corrected chi connectivity index (χ2v) is 7.59. The van der Waals surface area contributed by atoms with Gasteiger partial charge in [-0.05, 0) is 54.1 Å². The van der Waals surface area contributed by atoms with Gasteiger partial charge in [0.2, 0.25) is 5.78 Å². The second-order valence-electron chi connectivity index (χ2n) is 7.59. The molecule has 0 N–H and O–H groups in total. The average Bonchev–Trinajstić information content (AvgIpc) is 3.22. The molecule has 0 saturated heterocycles. The number of carbonyl (C=O) groups is 1. The summed E-state index contributed by atoms with van der Waals surface area (Å²) >= 11 is 0. The van der Waals surface area contributed by atoms with Crippen molar-refractivity contribution in [2.45, 2.75) is 0 Å². The van der Waals surface area contributed by atoms with Gasteiger partial charge in [-0.25, -0.2) is 0 Å². The molecular formula is C30H21NO2. The molecule has 0 saturated carbocycles. The van der Waals surface area contributed by atoms with Crippen molar-refractivity contribution in [2.75, 3.05) is 7.11 Å². The quantitative estimate of drug-likeness (QED) is 0.251. The highest BCUT2D eigenvalue weighted by molar-refractivity contribution is 6.14. The Bertz CT molecular complexity index is 1490. The number of ketones is 1. The molecule has 3 heteroatoms. The van der Waals surface area contributed by atoms with Crippen LogP contribution >= 0.6 is 0 Å². The van der Waals surface area contributed by atoms with Crippen molar-refractivity contribution in [3.63, 3.8) is 0 Å². The predicted octanol–water partition coefficient (Wildman–Crippen LogP) is 6.25. The fourth-order valence-electron chi connectivity index (χ4n) is 3.98. The van der Waals surface area contributed by atoms with Crippen LogP contribution < -0.4 is 4.74 Å². The van der Waals surface area contributed by atoms with Crippen LogP contribution in [0.25, 0.3) is 16.6 Å². The summed E-state index contributed by atoms with van der Waals surface area (Å²) in [6, 6.07) is 33.0. The van der Waals surface area contributed by atoms with E-state index in [4.69, 9.17) is 4.74 Å². The van der Waals surface area contributed by atoms with Crippen LogP contribution in [0.15, 0.2) is 109 Å². The molecule has 0 atom stereocenters. The summed E-state index contributed by atoms with van der Waals surface area (Å²) in [5.74, 6) is 7.30. The molecule has 0 fully saturated rings. The van der Waals surface area contributed by atoms with Crippen LogP contribution in [0.5, 0.6) is 5.75 Å². The normalized spacial score (nSPS) is 10.5. The molecule has 0 spiro atoms. The number of carbonyl (C=O) groups excluding carboxylic acids is 1. The first-order valence-corrected chi connectivity index (χ1v) is 10.7. The average molecular weight is 428 g/mol. The van der Waals surface area contributed by atoms with E-state index in [-0.39, 0.29) is 5.78 Å². The van der Waals surface area contributed by atoms with Gasteiger partial charge in [-0.1, -0.05) is 66.4 Å². The minimum atomic E-state index is -0.0644. The highest BCUT2D eigenvalue weighted by Crippen LogP contribution is 2.34. The smallest absolute Gasteiger partial charge is 0.210 e. The molecule has 0 aliphatic carbocycles. The summed E-state index contributed by atoms with van der Waals surface area (Å²) in [5.41, 5.74) is 5.65. The van der Waals surface area contributed by atoms with Crippen LogP contribution in [0.3, 0.4) is 0 Å². The van der Waals surface area contributed by atoms with Crippen LogP contribution in [0.1, 0.15) is 27.2 Å². The molecule has 0 aliphatic rings. The van der Waals surface area contributed by atoms with Crippen molar-refractivity contribution in [3.05, 3.63) is 132 Å². The van der Waals surface area contributed by atoms with Gasteiger partial charge in [0.05, 0.1) is 18.2 Å². The third-order valence-corrected chi connectivity index (χ3v) is 5.58. The van der Waals surface area contributed by atoms with Gasteiger partial charge in [-0.2, -0.15) is 0 Å². The number of hydrogen-bond acceptors (Lipinski definition) is 2. The molecule has 2 heterocycles. The van der Waals surface area contributed by atoms with Crippen molar-refractivity contribution < 1.29 is 9.53 Å². The molecule has 0 aliphatic heterocycles. The van der Waals surface area contributed by atoms with Crippen LogP contribution in [0.2, 0.25) is 0 Å². The lowest BCUT2D eigenvalue weighted by molar-refractivity contribution is 0.103. The Balaban J connectivity index is 1.78. The lowest BCUT2D eigenvalue weighted by Gasteiger charge is -2.08. The Morgan fingerprint density at radius 1 is 0.758 bits per heavy atom. The van der Waals surface area contributed by atoms with Gasteiger partial charge >= 0.3 is 0 Å². The number of benzene rings is 3. The van der Waals surface area contributed by atoms with Gasteiger partial charge in [-0.15, -0.1) is 0 Å². The molecule has 3 aromatic carbocycles. The number of rotatable bonds is 4. The van der Waals surface area contributed by atoms with Crippen LogP contribution in [-0.2, 0) is 0 Å². The molecule has 5 aromatic rings.